The Morgan fingerprint density at radius 3 is 2.26 bits per heavy atom. The second kappa shape index (κ2) is 9.38. The third-order valence-electron chi connectivity index (χ3n) is 6.60. The molecule has 12 heteroatoms. The van der Waals surface area contributed by atoms with E-state index in [4.69, 9.17) is 10.2 Å². The number of benzene rings is 3. The molecular weight excluding hydrogens is 545 g/mol. The van der Waals surface area contributed by atoms with Crippen molar-refractivity contribution in [3.05, 3.63) is 71.5 Å². The zero-order valence-corrected chi connectivity index (χ0v) is 23.0. The van der Waals surface area contributed by atoms with Gasteiger partial charge in [-0.05, 0) is 72.9 Å². The Balaban J connectivity index is 1.81. The molecule has 0 bridgehead atoms. The van der Waals surface area contributed by atoms with Crippen LogP contribution in [-0.4, -0.2) is 42.3 Å². The molecule has 1 aliphatic rings. The van der Waals surface area contributed by atoms with Gasteiger partial charge in [0.25, 0.3) is 5.91 Å². The number of sulfonamides is 1. The molecule has 1 amide bonds. The van der Waals surface area contributed by atoms with Crippen LogP contribution in [0.15, 0.2) is 63.9 Å². The Hall–Kier alpha value is -3.90. The summed E-state index contributed by atoms with van der Waals surface area (Å²) in [5.74, 6) is -0.631. The molecule has 5 rings (SSSR count). The Bertz CT molecular complexity index is 1840. The van der Waals surface area contributed by atoms with E-state index >= 15 is 0 Å². The van der Waals surface area contributed by atoms with Crippen LogP contribution in [0.3, 0.4) is 0 Å². The highest BCUT2D eigenvalue weighted by Gasteiger charge is 2.34. The molecule has 0 aliphatic heterocycles. The first-order valence-corrected chi connectivity index (χ1v) is 15.7. The summed E-state index contributed by atoms with van der Waals surface area (Å²) >= 11 is 0. The number of carbonyl (C=O) groups is 1. The molecule has 3 aromatic carbocycles. The van der Waals surface area contributed by atoms with E-state index in [9.17, 15) is 26.0 Å². The zero-order chi connectivity index (χ0) is 28.3. The number of carbonyl (C=O) groups excluding carboxylic acids is 1. The predicted octanol–water partition coefficient (Wildman–Crippen LogP) is 4.56. The summed E-state index contributed by atoms with van der Waals surface area (Å²) in [6, 6.07) is 12.8. The van der Waals surface area contributed by atoms with Crippen LogP contribution in [-0.2, 0) is 19.9 Å². The van der Waals surface area contributed by atoms with Gasteiger partial charge in [0, 0.05) is 30.3 Å². The van der Waals surface area contributed by atoms with E-state index < -0.39 is 31.6 Å². The van der Waals surface area contributed by atoms with Crippen LogP contribution >= 0.6 is 0 Å². The molecule has 1 aromatic heterocycles. The van der Waals surface area contributed by atoms with Gasteiger partial charge >= 0.3 is 0 Å². The van der Waals surface area contributed by atoms with Crippen LogP contribution in [0.2, 0.25) is 0 Å². The van der Waals surface area contributed by atoms with Crippen molar-refractivity contribution in [3.63, 3.8) is 0 Å². The summed E-state index contributed by atoms with van der Waals surface area (Å²) in [5, 5.41) is 3.08. The smallest absolute Gasteiger partial charge is 0.255 e. The van der Waals surface area contributed by atoms with Crippen molar-refractivity contribution in [2.45, 2.75) is 23.7 Å². The Kier molecular flexibility index (Phi) is 6.42. The van der Waals surface area contributed by atoms with Crippen LogP contribution in [0.1, 0.15) is 34.7 Å². The fourth-order valence-corrected chi connectivity index (χ4v) is 6.52. The van der Waals surface area contributed by atoms with E-state index in [2.05, 4.69) is 5.32 Å². The number of anilines is 3. The molecule has 0 spiro atoms. The number of nitrogen functional groups attached to an aromatic ring is 1. The van der Waals surface area contributed by atoms with Gasteiger partial charge in [-0.25, -0.2) is 25.5 Å². The van der Waals surface area contributed by atoms with Crippen LogP contribution in [0, 0.1) is 5.82 Å². The molecule has 1 aliphatic carbocycles. The first-order valence-electron chi connectivity index (χ1n) is 12.0. The minimum atomic E-state index is -3.99. The molecule has 0 saturated heterocycles. The Morgan fingerprint density at radius 2 is 1.69 bits per heavy atom. The van der Waals surface area contributed by atoms with Crippen molar-refractivity contribution in [3.8, 4) is 11.3 Å². The molecule has 3 N–H and O–H groups in total. The topological polar surface area (TPSA) is 140 Å². The molecule has 1 fully saturated rings. The number of halogens is 1. The highest BCUT2D eigenvalue weighted by Crippen LogP contribution is 2.49. The van der Waals surface area contributed by atoms with E-state index in [0.29, 0.717) is 16.5 Å². The van der Waals surface area contributed by atoms with Crippen LogP contribution in [0.5, 0.6) is 0 Å². The molecule has 204 valence electrons. The largest absolute Gasteiger partial charge is 0.455 e. The predicted molar refractivity (Wildman–Crippen MR) is 148 cm³/mol. The van der Waals surface area contributed by atoms with Crippen molar-refractivity contribution in [2.24, 2.45) is 0 Å². The van der Waals surface area contributed by atoms with Crippen molar-refractivity contribution < 1.29 is 30.4 Å². The third kappa shape index (κ3) is 4.97. The van der Waals surface area contributed by atoms with E-state index in [0.717, 1.165) is 29.7 Å². The van der Waals surface area contributed by atoms with Gasteiger partial charge in [0.1, 0.15) is 17.2 Å². The lowest BCUT2D eigenvalue weighted by atomic mass is 10.00. The van der Waals surface area contributed by atoms with Crippen molar-refractivity contribution >= 4 is 53.8 Å². The molecule has 39 heavy (non-hydrogen) atoms. The van der Waals surface area contributed by atoms with Gasteiger partial charge < -0.3 is 15.5 Å². The normalized spacial score (nSPS) is 13.9. The maximum atomic E-state index is 13.6. The van der Waals surface area contributed by atoms with E-state index in [-0.39, 0.29) is 44.8 Å². The minimum Gasteiger partial charge on any atom is -0.455 e. The highest BCUT2D eigenvalue weighted by molar-refractivity contribution is 7.92. The fraction of sp³-hybridized carbons (Fsp3) is 0.222. The molecule has 0 unspecified atom stereocenters. The van der Waals surface area contributed by atoms with Gasteiger partial charge in [-0.1, -0.05) is 0 Å². The van der Waals surface area contributed by atoms with Gasteiger partial charge in [0.15, 0.2) is 9.84 Å². The second-order valence-corrected chi connectivity index (χ2v) is 13.4. The van der Waals surface area contributed by atoms with Crippen LogP contribution in [0.25, 0.3) is 22.3 Å². The molecule has 9 nitrogen and oxygen atoms in total. The zero-order valence-electron chi connectivity index (χ0n) is 21.4. The number of furan rings is 1. The van der Waals surface area contributed by atoms with Gasteiger partial charge in [-0.2, -0.15) is 0 Å². The molecule has 1 saturated carbocycles. The average Bonchev–Trinajstić information content (AvgIpc) is 3.63. The summed E-state index contributed by atoms with van der Waals surface area (Å²) < 4.78 is 71.9. The second-order valence-electron chi connectivity index (χ2n) is 9.60. The number of hydrogen-bond donors (Lipinski definition) is 2. The molecule has 0 radical (unpaired) electrons. The molecule has 4 aromatic rings. The lowest BCUT2D eigenvalue weighted by Gasteiger charge is -2.26. The minimum absolute atomic E-state index is 0.00207. The number of rotatable bonds is 7. The first-order chi connectivity index (χ1) is 18.3. The summed E-state index contributed by atoms with van der Waals surface area (Å²) in [7, 11) is -6.26. The van der Waals surface area contributed by atoms with Crippen molar-refractivity contribution in [2.75, 3.05) is 29.6 Å². The number of fused-ring (bicyclic) bond motifs is 1. The van der Waals surface area contributed by atoms with E-state index in [1.807, 2.05) is 0 Å². The maximum Gasteiger partial charge on any atom is 0.255 e. The number of hydrogen-bond acceptors (Lipinski definition) is 7. The van der Waals surface area contributed by atoms with Crippen molar-refractivity contribution in [1.82, 2.24) is 5.32 Å². The number of nitrogens with zero attached hydrogens (tertiary/aromatic N) is 1. The van der Waals surface area contributed by atoms with Gasteiger partial charge in [-0.15, -0.1) is 0 Å². The molecule has 1 heterocycles. The van der Waals surface area contributed by atoms with Gasteiger partial charge in [0.05, 0.1) is 33.8 Å². The summed E-state index contributed by atoms with van der Waals surface area (Å²) in [6.45, 7) is 0. The summed E-state index contributed by atoms with van der Waals surface area (Å²) in [6.07, 6.45) is 3.64. The lowest BCUT2D eigenvalue weighted by molar-refractivity contribution is 0.0964. The van der Waals surface area contributed by atoms with Gasteiger partial charge in [-0.3, -0.25) is 4.79 Å². The lowest BCUT2D eigenvalue weighted by Crippen LogP contribution is -2.26. The third-order valence-corrected chi connectivity index (χ3v) is 8.82. The maximum absolute atomic E-state index is 13.6. The van der Waals surface area contributed by atoms with E-state index in [1.165, 1.54) is 49.5 Å². The number of nitrogens with two attached hydrogens (primary N) is 1. The van der Waals surface area contributed by atoms with E-state index in [1.54, 1.807) is 12.1 Å². The SMILES string of the molecule is CNC(=O)c1c(-c2ccc(F)cc2)oc2cc(N(c3ccc(N)c(S(C)(=O)=O)c3)S(C)(=O)=O)c(C3CC3)cc12. The Morgan fingerprint density at radius 1 is 1.03 bits per heavy atom. The number of sulfone groups is 1. The fourth-order valence-electron chi connectivity index (χ4n) is 4.68. The van der Waals surface area contributed by atoms with Crippen LogP contribution < -0.4 is 15.4 Å². The monoisotopic (exact) mass is 571 g/mol. The van der Waals surface area contributed by atoms with Crippen LogP contribution in [0.4, 0.5) is 21.5 Å². The van der Waals surface area contributed by atoms with Crippen molar-refractivity contribution in [1.29, 1.82) is 0 Å². The first kappa shape index (κ1) is 26.7. The summed E-state index contributed by atoms with van der Waals surface area (Å²) in [5.41, 5.74) is 7.87. The number of amides is 1. The standard InChI is InChI=1S/C27H26FN3O6S2/c1-30-27(32)25-20-13-19(15-4-5-15)22(14-23(20)37-26(25)16-6-8-17(28)9-7-16)31(39(3,35)36)18-10-11-21(29)24(12-18)38(2,33)34/h6-15H,4-5,29H2,1-3H3,(H,30,32). The number of nitrogens with one attached hydrogen (secondary N) is 1. The molecular formula is C27H26FN3O6S2. The summed E-state index contributed by atoms with van der Waals surface area (Å²) in [4.78, 5) is 12.8. The highest BCUT2D eigenvalue weighted by atomic mass is 32.2. The van der Waals surface area contributed by atoms with Gasteiger partial charge in [0.2, 0.25) is 10.0 Å². The average molecular weight is 572 g/mol. The quantitative estimate of drug-likeness (QED) is 0.310. The molecule has 0 atom stereocenters. The Labute approximate surface area is 225 Å².